The molecule has 0 amide bonds. The molecule has 0 bridgehead atoms. The molecule has 0 atom stereocenters. The molecule has 1 aromatic carbocycles. The topological polar surface area (TPSA) is 20.2 Å². The van der Waals surface area contributed by atoms with Crippen molar-refractivity contribution in [1.29, 1.82) is 0 Å². The molecule has 0 spiro atoms. The quantitative estimate of drug-likeness (QED) is 0.554. The molecule has 0 aliphatic carbocycles. The van der Waals surface area contributed by atoms with Crippen LogP contribution in [0.3, 0.4) is 0 Å². The monoisotopic (exact) mass is 123 g/mol. The molecule has 49 valence electrons. The van der Waals surface area contributed by atoms with Gasteiger partial charge in [0.2, 0.25) is 0 Å². The van der Waals surface area contributed by atoms with Gasteiger partial charge in [-0.15, -0.1) is 0 Å². The Balaban J connectivity index is 0.000000187. The fourth-order valence-electron chi connectivity index (χ4n) is 0.342. The van der Waals surface area contributed by atoms with E-state index in [0.29, 0.717) is 0 Å². The normalized spacial score (nSPS) is 7.33. The van der Waals surface area contributed by atoms with Crippen LogP contribution in [0.4, 0.5) is 0 Å². The summed E-state index contributed by atoms with van der Waals surface area (Å²) in [7, 11) is 0. The van der Waals surface area contributed by atoms with Crippen molar-refractivity contribution < 1.29 is 5.11 Å². The highest BCUT2D eigenvalue weighted by Gasteiger charge is 1.58. The molecule has 0 aliphatic heterocycles. The van der Waals surface area contributed by atoms with Crippen LogP contribution in [0.25, 0.3) is 0 Å². The molecule has 0 unspecified atom stereocenters. The van der Waals surface area contributed by atoms with Crippen molar-refractivity contribution in [3.8, 4) is 0 Å². The zero-order valence-corrected chi connectivity index (χ0v) is 5.54. The highest BCUT2D eigenvalue weighted by Crippen LogP contribution is 1.78. The Morgan fingerprint density at radius 3 is 1.78 bits per heavy atom. The molecule has 0 fully saturated rings. The van der Waals surface area contributed by atoms with E-state index in [1.165, 1.54) is 0 Å². The van der Waals surface area contributed by atoms with Crippen molar-refractivity contribution in [2.45, 2.75) is 6.92 Å². The third-order valence-electron chi connectivity index (χ3n) is 0.607. The molecule has 1 aromatic rings. The van der Waals surface area contributed by atoms with Crippen LogP contribution >= 0.6 is 0 Å². The molecule has 9 heavy (non-hydrogen) atoms. The van der Waals surface area contributed by atoms with Crippen molar-refractivity contribution >= 4 is 0 Å². The van der Waals surface area contributed by atoms with Gasteiger partial charge in [-0.25, -0.2) is 0 Å². The van der Waals surface area contributed by atoms with Gasteiger partial charge in [0, 0.05) is 6.61 Å². The van der Waals surface area contributed by atoms with E-state index in [9.17, 15) is 0 Å². The highest BCUT2D eigenvalue weighted by atomic mass is 16.2. The van der Waals surface area contributed by atoms with Crippen molar-refractivity contribution in [3.63, 3.8) is 0 Å². The van der Waals surface area contributed by atoms with Gasteiger partial charge in [-0.1, -0.05) is 30.3 Å². The second kappa shape index (κ2) is 7.18. The van der Waals surface area contributed by atoms with Gasteiger partial charge in [0.15, 0.2) is 0 Å². The van der Waals surface area contributed by atoms with E-state index in [0.717, 1.165) is 0 Å². The molecular formula is C8H11O. The summed E-state index contributed by atoms with van der Waals surface area (Å²) in [4.78, 5) is 0. The van der Waals surface area contributed by atoms with Crippen molar-refractivity contribution in [2.24, 2.45) is 0 Å². The first-order valence-electron chi connectivity index (χ1n) is 2.93. The lowest BCUT2D eigenvalue weighted by molar-refractivity contribution is 0.318. The van der Waals surface area contributed by atoms with Gasteiger partial charge < -0.3 is 5.11 Å². The Morgan fingerprint density at radius 1 is 1.22 bits per heavy atom. The van der Waals surface area contributed by atoms with Gasteiger partial charge in [-0.2, -0.15) is 0 Å². The maximum atomic E-state index is 7.57. The van der Waals surface area contributed by atoms with Crippen LogP contribution in [0.15, 0.2) is 30.3 Å². The zero-order valence-electron chi connectivity index (χ0n) is 5.54. The largest absolute Gasteiger partial charge is 0.397 e. The van der Waals surface area contributed by atoms with E-state index in [4.69, 9.17) is 5.11 Å². The minimum absolute atomic E-state index is 0.250. The molecule has 1 N–H and O–H groups in total. The van der Waals surface area contributed by atoms with Gasteiger partial charge in [-0.05, 0) is 13.0 Å². The van der Waals surface area contributed by atoms with Crippen LogP contribution in [0.2, 0.25) is 0 Å². The van der Waals surface area contributed by atoms with E-state index in [1.807, 2.05) is 30.3 Å². The molecule has 0 saturated heterocycles. The Morgan fingerprint density at radius 2 is 1.67 bits per heavy atom. The van der Waals surface area contributed by atoms with E-state index in [-0.39, 0.29) is 6.61 Å². The molecule has 1 nitrogen and oxygen atoms in total. The van der Waals surface area contributed by atoms with Crippen LogP contribution in [-0.4, -0.2) is 11.7 Å². The zero-order chi connectivity index (χ0) is 6.95. The summed E-state index contributed by atoms with van der Waals surface area (Å²) in [5.41, 5.74) is 0. The van der Waals surface area contributed by atoms with Gasteiger partial charge in [0.25, 0.3) is 0 Å². The van der Waals surface area contributed by atoms with Gasteiger partial charge in [-0.3, -0.25) is 0 Å². The number of hydrogen-bond donors (Lipinski definition) is 1. The first-order valence-corrected chi connectivity index (χ1v) is 2.93. The lowest BCUT2D eigenvalue weighted by Crippen LogP contribution is -1.57. The third kappa shape index (κ3) is 7.18. The first kappa shape index (κ1) is 8.18. The van der Waals surface area contributed by atoms with E-state index in [2.05, 4.69) is 6.07 Å². The Hall–Kier alpha value is -0.820. The first-order chi connectivity index (χ1) is 4.41. The van der Waals surface area contributed by atoms with Gasteiger partial charge in [0.1, 0.15) is 0 Å². The number of aliphatic hydroxyl groups is 1. The average Bonchev–Trinajstić information content (AvgIpc) is 1.93. The number of rotatable bonds is 0. The van der Waals surface area contributed by atoms with Crippen molar-refractivity contribution in [3.05, 3.63) is 36.4 Å². The van der Waals surface area contributed by atoms with Crippen molar-refractivity contribution in [2.75, 3.05) is 6.61 Å². The van der Waals surface area contributed by atoms with Crippen LogP contribution in [-0.2, 0) is 0 Å². The maximum absolute atomic E-state index is 7.57. The van der Waals surface area contributed by atoms with Gasteiger partial charge >= 0.3 is 0 Å². The summed E-state index contributed by atoms with van der Waals surface area (Å²) in [5, 5.41) is 7.57. The SMILES string of the molecule is CCO.[c]1ccccc1. The minimum atomic E-state index is 0.250. The van der Waals surface area contributed by atoms with Crippen LogP contribution in [0, 0.1) is 6.07 Å². The van der Waals surface area contributed by atoms with E-state index in [1.54, 1.807) is 6.92 Å². The van der Waals surface area contributed by atoms with Gasteiger partial charge in [0.05, 0.1) is 0 Å². The Bertz CT molecular complexity index is 87.4. The van der Waals surface area contributed by atoms with Crippen LogP contribution in [0.1, 0.15) is 6.92 Å². The Labute approximate surface area is 56.0 Å². The molecule has 0 aromatic heterocycles. The van der Waals surface area contributed by atoms with Crippen LogP contribution in [0.5, 0.6) is 0 Å². The smallest absolute Gasteiger partial charge is 0.0402 e. The summed E-state index contributed by atoms with van der Waals surface area (Å²) in [6.45, 7) is 1.93. The molecule has 1 rings (SSSR count). The summed E-state index contributed by atoms with van der Waals surface area (Å²) < 4.78 is 0. The maximum Gasteiger partial charge on any atom is 0.0402 e. The number of aliphatic hydroxyl groups excluding tert-OH is 1. The molecule has 0 aliphatic rings. The average molecular weight is 123 g/mol. The van der Waals surface area contributed by atoms with Crippen molar-refractivity contribution in [1.82, 2.24) is 0 Å². The molecule has 1 heteroatoms. The molecule has 0 saturated carbocycles. The summed E-state index contributed by atoms with van der Waals surface area (Å²) in [5.74, 6) is 0. The highest BCUT2D eigenvalue weighted by molar-refractivity contribution is 4.97. The predicted octanol–water partition coefficient (Wildman–Crippen LogP) is 1.49. The predicted molar refractivity (Wildman–Crippen MR) is 38.0 cm³/mol. The summed E-state index contributed by atoms with van der Waals surface area (Å²) in [6, 6.07) is 12.5. The molecule has 1 radical (unpaired) electrons. The third-order valence-corrected chi connectivity index (χ3v) is 0.607. The fourth-order valence-corrected chi connectivity index (χ4v) is 0.342. The van der Waals surface area contributed by atoms with E-state index < -0.39 is 0 Å². The molecule has 0 heterocycles. The summed E-state index contributed by atoms with van der Waals surface area (Å²) in [6.07, 6.45) is 0. The molecular weight excluding hydrogens is 112 g/mol. The lowest BCUT2D eigenvalue weighted by atomic mass is 10.4. The van der Waals surface area contributed by atoms with E-state index >= 15 is 0 Å². The van der Waals surface area contributed by atoms with Crippen LogP contribution < -0.4 is 0 Å². The Kier molecular flexibility index (Phi) is 6.53. The number of benzene rings is 1. The standard InChI is InChI=1S/C6H5.C2H6O/c1-2-4-6-5-3-1;1-2-3/h1-5H;3H,2H2,1H3. The minimum Gasteiger partial charge on any atom is -0.397 e. The second-order valence-electron chi connectivity index (χ2n) is 1.39. The fraction of sp³-hybridized carbons (Fsp3) is 0.250. The lowest BCUT2D eigenvalue weighted by Gasteiger charge is -1.68. The second-order valence-corrected chi connectivity index (χ2v) is 1.39. The summed E-state index contributed by atoms with van der Waals surface area (Å²) >= 11 is 0. The number of hydrogen-bond acceptors (Lipinski definition) is 1.